The second-order valence-corrected chi connectivity index (χ2v) is 3.20. The van der Waals surface area contributed by atoms with Crippen LogP contribution in [0.1, 0.15) is 6.92 Å². The summed E-state index contributed by atoms with van der Waals surface area (Å²) in [5.74, 6) is -0.381. The molecule has 0 spiro atoms. The monoisotopic (exact) mass is 189 g/mol. The number of esters is 1. The Morgan fingerprint density at radius 2 is 2.31 bits per heavy atom. The molecule has 3 atom stereocenters. The molecule has 1 rings (SSSR count). The highest BCUT2D eigenvalue weighted by atomic mass is 16.7. The quantitative estimate of drug-likeness (QED) is 0.588. The Labute approximate surface area is 77.2 Å². The van der Waals surface area contributed by atoms with Gasteiger partial charge in [-0.2, -0.15) is 5.06 Å². The lowest BCUT2D eigenvalue weighted by atomic mass is 9.98. The van der Waals surface area contributed by atoms with E-state index in [1.54, 1.807) is 7.05 Å². The predicted molar refractivity (Wildman–Crippen MR) is 44.7 cm³/mol. The highest BCUT2D eigenvalue weighted by Crippen LogP contribution is 2.26. The van der Waals surface area contributed by atoms with Crippen LogP contribution in [0.5, 0.6) is 0 Å². The highest BCUT2D eigenvalue weighted by Gasteiger charge is 2.43. The van der Waals surface area contributed by atoms with E-state index < -0.39 is 6.04 Å². The van der Waals surface area contributed by atoms with Gasteiger partial charge in [0.2, 0.25) is 0 Å². The first-order chi connectivity index (χ1) is 6.11. The van der Waals surface area contributed by atoms with Crippen LogP contribution in [-0.2, 0) is 14.4 Å². The van der Waals surface area contributed by atoms with Crippen LogP contribution >= 0.6 is 0 Å². The molecule has 0 aromatic rings. The number of hydrogen-bond donors (Lipinski definition) is 1. The number of carbonyl (C=O) groups is 1. The fourth-order valence-electron chi connectivity index (χ4n) is 1.59. The van der Waals surface area contributed by atoms with E-state index >= 15 is 0 Å². The number of nitrogens with zero attached hydrogens (tertiary/aromatic N) is 1. The minimum Gasteiger partial charge on any atom is -0.468 e. The molecule has 5 nitrogen and oxygen atoms in total. The fraction of sp³-hybridized carbons (Fsp3) is 0.875. The summed E-state index contributed by atoms with van der Waals surface area (Å²) < 4.78 is 4.63. The topological polar surface area (TPSA) is 59.0 Å². The number of hydrogen-bond acceptors (Lipinski definition) is 5. The number of hydroxylamine groups is 2. The zero-order valence-corrected chi connectivity index (χ0v) is 8.06. The van der Waals surface area contributed by atoms with Crippen molar-refractivity contribution in [2.24, 2.45) is 5.92 Å². The van der Waals surface area contributed by atoms with Gasteiger partial charge in [0, 0.05) is 13.0 Å². The van der Waals surface area contributed by atoms with Gasteiger partial charge in [0.25, 0.3) is 0 Å². The number of likely N-dealkylation sites (N-methyl/N-ethyl adjacent to an activating group) is 1. The lowest BCUT2D eigenvalue weighted by Gasteiger charge is -2.16. The molecule has 13 heavy (non-hydrogen) atoms. The average molecular weight is 189 g/mol. The van der Waals surface area contributed by atoms with E-state index in [-0.39, 0.29) is 24.6 Å². The molecule has 1 fully saturated rings. The SMILES string of the molecule is COC(=O)C1C(C)C(CO)ON1C. The highest BCUT2D eigenvalue weighted by molar-refractivity contribution is 5.76. The lowest BCUT2D eigenvalue weighted by Crippen LogP contribution is -2.37. The molecule has 0 aromatic carbocycles. The Hall–Kier alpha value is -0.650. The number of carbonyl (C=O) groups excluding carboxylic acids is 1. The van der Waals surface area contributed by atoms with Gasteiger partial charge >= 0.3 is 5.97 Å². The summed E-state index contributed by atoms with van der Waals surface area (Å²) in [6.07, 6.45) is -0.311. The van der Waals surface area contributed by atoms with E-state index in [0.29, 0.717) is 0 Å². The van der Waals surface area contributed by atoms with Gasteiger partial charge in [-0.05, 0) is 0 Å². The number of aliphatic hydroxyl groups is 1. The first-order valence-electron chi connectivity index (χ1n) is 4.20. The summed E-state index contributed by atoms with van der Waals surface area (Å²) in [7, 11) is 3.00. The van der Waals surface area contributed by atoms with E-state index in [0.717, 1.165) is 0 Å². The van der Waals surface area contributed by atoms with Crippen molar-refractivity contribution in [3.05, 3.63) is 0 Å². The van der Waals surface area contributed by atoms with E-state index in [4.69, 9.17) is 9.94 Å². The maximum atomic E-state index is 11.3. The zero-order chi connectivity index (χ0) is 10.0. The van der Waals surface area contributed by atoms with Crippen molar-refractivity contribution in [2.75, 3.05) is 20.8 Å². The van der Waals surface area contributed by atoms with Crippen molar-refractivity contribution >= 4 is 5.97 Å². The standard InChI is InChI=1S/C8H15NO4/c1-5-6(4-10)13-9(2)7(5)8(11)12-3/h5-7,10H,4H2,1-3H3. The van der Waals surface area contributed by atoms with Gasteiger partial charge in [-0.25, -0.2) is 0 Å². The molecule has 1 aliphatic heterocycles. The van der Waals surface area contributed by atoms with Crippen molar-refractivity contribution < 1.29 is 19.5 Å². The Balaban J connectivity index is 2.69. The first-order valence-corrected chi connectivity index (χ1v) is 4.20. The third-order valence-electron chi connectivity index (χ3n) is 2.40. The molecule has 1 N–H and O–H groups in total. The van der Waals surface area contributed by atoms with E-state index in [1.807, 2.05) is 6.92 Å². The van der Waals surface area contributed by atoms with Crippen LogP contribution in [0.15, 0.2) is 0 Å². The maximum Gasteiger partial charge on any atom is 0.325 e. The molecule has 76 valence electrons. The number of ether oxygens (including phenoxy) is 1. The van der Waals surface area contributed by atoms with Crippen LogP contribution in [-0.4, -0.2) is 49.0 Å². The Morgan fingerprint density at radius 1 is 1.69 bits per heavy atom. The van der Waals surface area contributed by atoms with Crippen molar-refractivity contribution in [1.82, 2.24) is 5.06 Å². The van der Waals surface area contributed by atoms with Crippen LogP contribution in [0.25, 0.3) is 0 Å². The Bertz CT molecular complexity index is 197. The molecule has 1 heterocycles. The molecular formula is C8H15NO4. The molecule has 3 unspecified atom stereocenters. The summed E-state index contributed by atoms with van der Waals surface area (Å²) in [5.41, 5.74) is 0. The summed E-state index contributed by atoms with van der Waals surface area (Å²) in [5, 5.41) is 10.4. The zero-order valence-electron chi connectivity index (χ0n) is 8.06. The molecule has 0 saturated carbocycles. The number of aliphatic hydroxyl groups excluding tert-OH is 1. The van der Waals surface area contributed by atoms with Crippen molar-refractivity contribution in [1.29, 1.82) is 0 Å². The minimum atomic E-state index is -0.415. The summed E-state index contributed by atoms with van der Waals surface area (Å²) in [6, 6.07) is -0.415. The maximum absolute atomic E-state index is 11.3. The molecular weight excluding hydrogens is 174 g/mol. The summed E-state index contributed by atoms with van der Waals surface area (Å²) in [4.78, 5) is 16.5. The van der Waals surface area contributed by atoms with Gasteiger partial charge in [-0.1, -0.05) is 6.92 Å². The van der Waals surface area contributed by atoms with Crippen LogP contribution in [0.4, 0.5) is 0 Å². The molecule has 0 aliphatic carbocycles. The van der Waals surface area contributed by atoms with Crippen LogP contribution in [0.2, 0.25) is 0 Å². The molecule has 0 amide bonds. The average Bonchev–Trinajstić information content (AvgIpc) is 2.40. The molecule has 0 aromatic heterocycles. The van der Waals surface area contributed by atoms with Crippen molar-refractivity contribution in [2.45, 2.75) is 19.1 Å². The smallest absolute Gasteiger partial charge is 0.325 e. The van der Waals surface area contributed by atoms with E-state index in [9.17, 15) is 4.79 Å². The van der Waals surface area contributed by atoms with Crippen molar-refractivity contribution in [3.63, 3.8) is 0 Å². The van der Waals surface area contributed by atoms with E-state index in [2.05, 4.69) is 4.74 Å². The van der Waals surface area contributed by atoms with Gasteiger partial charge < -0.3 is 9.84 Å². The van der Waals surface area contributed by atoms with Gasteiger partial charge in [-0.15, -0.1) is 0 Å². The van der Waals surface area contributed by atoms with E-state index in [1.165, 1.54) is 12.2 Å². The molecule has 1 saturated heterocycles. The fourth-order valence-corrected chi connectivity index (χ4v) is 1.59. The second-order valence-electron chi connectivity index (χ2n) is 3.20. The Kier molecular flexibility index (Phi) is 3.24. The number of methoxy groups -OCH3 is 1. The molecule has 0 radical (unpaired) electrons. The van der Waals surface area contributed by atoms with Crippen LogP contribution < -0.4 is 0 Å². The summed E-state index contributed by atoms with van der Waals surface area (Å²) in [6.45, 7) is 1.77. The van der Waals surface area contributed by atoms with Crippen molar-refractivity contribution in [3.8, 4) is 0 Å². The molecule has 1 aliphatic rings. The third kappa shape index (κ3) is 1.82. The molecule has 5 heteroatoms. The largest absolute Gasteiger partial charge is 0.468 e. The Morgan fingerprint density at radius 3 is 2.69 bits per heavy atom. The van der Waals surface area contributed by atoms with Gasteiger partial charge in [0.1, 0.15) is 12.1 Å². The van der Waals surface area contributed by atoms with Gasteiger partial charge in [0.05, 0.1) is 13.7 Å². The molecule has 0 bridgehead atoms. The predicted octanol–water partition coefficient (Wildman–Crippen LogP) is -0.598. The second kappa shape index (κ2) is 4.04. The minimum absolute atomic E-state index is 0.0533. The van der Waals surface area contributed by atoms with Gasteiger partial charge in [-0.3, -0.25) is 9.63 Å². The number of rotatable bonds is 2. The summed E-state index contributed by atoms with van der Waals surface area (Å²) >= 11 is 0. The normalized spacial score (nSPS) is 34.9. The first kappa shape index (κ1) is 10.4. The lowest BCUT2D eigenvalue weighted by molar-refractivity contribution is -0.173. The van der Waals surface area contributed by atoms with Crippen LogP contribution in [0, 0.1) is 5.92 Å². The van der Waals surface area contributed by atoms with Gasteiger partial charge in [0.15, 0.2) is 0 Å². The van der Waals surface area contributed by atoms with Crippen LogP contribution in [0.3, 0.4) is 0 Å². The third-order valence-corrected chi connectivity index (χ3v) is 2.40.